The molecular weight excluding hydrogens is 485 g/mol. The molecule has 2 aromatic carbocycles. The number of ether oxygens (including phenoxy) is 1. The fourth-order valence-electron chi connectivity index (χ4n) is 3.14. The summed E-state index contributed by atoms with van der Waals surface area (Å²) >= 11 is 12.2. The molecule has 1 aliphatic rings. The van der Waals surface area contributed by atoms with Crippen LogP contribution in [0.5, 0.6) is 11.5 Å². The molecule has 0 aromatic heterocycles. The smallest absolute Gasteiger partial charge is 0.227 e. The van der Waals surface area contributed by atoms with Gasteiger partial charge in [0.15, 0.2) is 0 Å². The van der Waals surface area contributed by atoms with Crippen LogP contribution in [0, 0.1) is 0 Å². The fourth-order valence-corrected chi connectivity index (χ4v) is 3.60. The Morgan fingerprint density at radius 1 is 1.14 bits per heavy atom. The largest absolute Gasteiger partial charge is 0.457 e. The maximum absolute atomic E-state index is 12.6. The number of amidine groups is 1. The maximum Gasteiger partial charge on any atom is 0.227 e. The van der Waals surface area contributed by atoms with Gasteiger partial charge < -0.3 is 20.1 Å². The van der Waals surface area contributed by atoms with Crippen molar-refractivity contribution in [3.05, 3.63) is 107 Å². The summed E-state index contributed by atoms with van der Waals surface area (Å²) in [7, 11) is 1.77. The number of amides is 1. The van der Waals surface area contributed by atoms with E-state index in [0.29, 0.717) is 23.0 Å². The van der Waals surface area contributed by atoms with Gasteiger partial charge in [0.1, 0.15) is 23.4 Å². The Bertz CT molecular complexity index is 1160. The van der Waals surface area contributed by atoms with E-state index in [1.165, 1.54) is 6.08 Å². The number of hydrogen-bond acceptors (Lipinski definition) is 4. The molecule has 1 unspecified atom stereocenters. The Kier molecular flexibility index (Phi) is 9.73. The molecule has 1 aliphatic carbocycles. The van der Waals surface area contributed by atoms with Gasteiger partial charge in [-0.05, 0) is 59.8 Å². The molecule has 35 heavy (non-hydrogen) atoms. The van der Waals surface area contributed by atoms with E-state index in [9.17, 15) is 9.90 Å². The van der Waals surface area contributed by atoms with Gasteiger partial charge in [0.25, 0.3) is 0 Å². The number of allylic oxidation sites excluding steroid dienone is 2. The lowest BCUT2D eigenvalue weighted by Gasteiger charge is -2.17. The second-order valence-electron chi connectivity index (χ2n) is 7.78. The minimum absolute atomic E-state index is 0.0641. The Morgan fingerprint density at radius 3 is 2.51 bits per heavy atom. The summed E-state index contributed by atoms with van der Waals surface area (Å²) in [5.41, 5.74) is 1.65. The van der Waals surface area contributed by atoms with Gasteiger partial charge in [0.05, 0.1) is 18.0 Å². The SMILES string of the molecule is C=CN(C)C(CC(=O)NCc1ccc(Oc2ccccc2)cc1)=NCC1=CC(Cl)=CC(O)C(Cl)=C1. The minimum atomic E-state index is -0.957. The van der Waals surface area contributed by atoms with E-state index in [2.05, 4.69) is 16.9 Å². The zero-order valence-corrected chi connectivity index (χ0v) is 20.8. The number of aliphatic hydroxyl groups excluding tert-OH is 1. The summed E-state index contributed by atoms with van der Waals surface area (Å²) in [5, 5.41) is 13.4. The molecule has 2 aromatic rings. The molecule has 0 saturated heterocycles. The number of benzene rings is 2. The molecule has 2 N–H and O–H groups in total. The monoisotopic (exact) mass is 511 g/mol. The third-order valence-corrected chi connectivity index (χ3v) is 5.65. The lowest BCUT2D eigenvalue weighted by molar-refractivity contribution is -0.120. The van der Waals surface area contributed by atoms with Crippen molar-refractivity contribution < 1.29 is 14.6 Å². The zero-order valence-electron chi connectivity index (χ0n) is 19.3. The summed E-state index contributed by atoms with van der Waals surface area (Å²) < 4.78 is 5.79. The molecule has 3 rings (SSSR count). The van der Waals surface area contributed by atoms with Crippen molar-refractivity contribution in [3.8, 4) is 11.5 Å². The fraction of sp³-hybridized carbons (Fsp3) is 0.185. The molecule has 8 heteroatoms. The van der Waals surface area contributed by atoms with Crippen molar-refractivity contribution in [2.24, 2.45) is 4.99 Å². The van der Waals surface area contributed by atoms with Gasteiger partial charge in [-0.2, -0.15) is 0 Å². The number of nitrogens with one attached hydrogen (secondary N) is 1. The summed E-state index contributed by atoms with van der Waals surface area (Å²) in [6.07, 6.45) is 5.44. The molecule has 0 saturated carbocycles. The number of hydrogen-bond donors (Lipinski definition) is 2. The average Bonchev–Trinajstić information content (AvgIpc) is 2.97. The first-order valence-corrected chi connectivity index (χ1v) is 11.7. The molecule has 1 amide bonds. The van der Waals surface area contributed by atoms with E-state index in [0.717, 1.165) is 17.1 Å². The number of aliphatic hydroxyl groups is 1. The Hall–Kier alpha value is -3.32. The van der Waals surface area contributed by atoms with Crippen LogP contribution < -0.4 is 10.1 Å². The predicted octanol–water partition coefficient (Wildman–Crippen LogP) is 5.51. The van der Waals surface area contributed by atoms with Crippen molar-refractivity contribution in [1.29, 1.82) is 0 Å². The highest BCUT2D eigenvalue weighted by Gasteiger charge is 2.14. The lowest BCUT2D eigenvalue weighted by atomic mass is 10.2. The van der Waals surface area contributed by atoms with Crippen LogP contribution in [0.25, 0.3) is 0 Å². The average molecular weight is 512 g/mol. The van der Waals surface area contributed by atoms with Crippen molar-refractivity contribution >= 4 is 34.9 Å². The molecule has 0 fully saturated rings. The molecule has 0 spiro atoms. The second kappa shape index (κ2) is 13.0. The summed E-state index contributed by atoms with van der Waals surface area (Å²) in [6.45, 7) is 4.36. The van der Waals surface area contributed by atoms with Gasteiger partial charge in [-0.3, -0.25) is 9.79 Å². The summed E-state index contributed by atoms with van der Waals surface area (Å²) in [6, 6.07) is 17.1. The van der Waals surface area contributed by atoms with Gasteiger partial charge in [0.2, 0.25) is 5.91 Å². The molecular formula is C27H27Cl2N3O3. The quantitative estimate of drug-likeness (QED) is 0.344. The normalized spacial score (nSPS) is 15.8. The number of carbonyl (C=O) groups excluding carboxylic acids is 1. The number of halogens is 2. The topological polar surface area (TPSA) is 74.2 Å². The molecule has 0 radical (unpaired) electrons. The van der Waals surface area contributed by atoms with Gasteiger partial charge in [-0.1, -0.05) is 60.1 Å². The zero-order chi connectivity index (χ0) is 25.2. The molecule has 6 nitrogen and oxygen atoms in total. The van der Waals surface area contributed by atoms with Gasteiger partial charge >= 0.3 is 0 Å². The van der Waals surface area contributed by atoms with Crippen LogP contribution in [-0.2, 0) is 11.3 Å². The van der Waals surface area contributed by atoms with Crippen LogP contribution in [0.1, 0.15) is 12.0 Å². The molecule has 0 heterocycles. The summed E-state index contributed by atoms with van der Waals surface area (Å²) in [4.78, 5) is 18.9. The van der Waals surface area contributed by atoms with Gasteiger partial charge in [-0.25, -0.2) is 0 Å². The van der Waals surface area contributed by atoms with Gasteiger partial charge in [0, 0.05) is 18.6 Å². The van der Waals surface area contributed by atoms with Gasteiger partial charge in [-0.15, -0.1) is 0 Å². The Morgan fingerprint density at radius 2 is 1.83 bits per heavy atom. The number of carbonyl (C=O) groups is 1. The maximum atomic E-state index is 12.6. The van der Waals surface area contributed by atoms with Crippen LogP contribution in [0.3, 0.4) is 0 Å². The highest BCUT2D eigenvalue weighted by molar-refractivity contribution is 6.33. The van der Waals surface area contributed by atoms with Crippen LogP contribution in [0.15, 0.2) is 106 Å². The highest BCUT2D eigenvalue weighted by atomic mass is 35.5. The van der Waals surface area contributed by atoms with Crippen LogP contribution in [0.4, 0.5) is 0 Å². The molecule has 182 valence electrons. The molecule has 0 bridgehead atoms. The van der Waals surface area contributed by atoms with Crippen LogP contribution in [-0.4, -0.2) is 41.4 Å². The predicted molar refractivity (Wildman–Crippen MR) is 142 cm³/mol. The summed E-state index contributed by atoms with van der Waals surface area (Å²) in [5.74, 6) is 1.83. The standard InChI is InChI=1S/C27H27Cl2N3O3/c1-3-32(2)26(30-18-20-13-21(28)15-25(33)24(29)14-20)16-27(34)31-17-19-9-11-23(12-10-19)35-22-7-5-4-6-8-22/h3-15,25,33H,1,16-18H2,2H3,(H,31,34). The third kappa shape index (κ3) is 8.44. The number of nitrogens with zero attached hydrogens (tertiary/aromatic N) is 2. The van der Waals surface area contributed by atoms with E-state index in [4.69, 9.17) is 27.9 Å². The Balaban J connectivity index is 1.57. The minimum Gasteiger partial charge on any atom is -0.457 e. The number of rotatable bonds is 9. The van der Waals surface area contributed by atoms with E-state index in [1.807, 2.05) is 54.6 Å². The van der Waals surface area contributed by atoms with E-state index in [-0.39, 0.29) is 23.9 Å². The highest BCUT2D eigenvalue weighted by Crippen LogP contribution is 2.23. The van der Waals surface area contributed by atoms with Crippen molar-refractivity contribution in [2.75, 3.05) is 13.6 Å². The molecule has 1 atom stereocenters. The Labute approximate surface area is 215 Å². The van der Waals surface area contributed by atoms with E-state index in [1.54, 1.807) is 30.3 Å². The van der Waals surface area contributed by atoms with E-state index < -0.39 is 6.10 Å². The van der Waals surface area contributed by atoms with Crippen molar-refractivity contribution in [1.82, 2.24) is 10.2 Å². The van der Waals surface area contributed by atoms with E-state index >= 15 is 0 Å². The first kappa shape index (κ1) is 26.3. The van der Waals surface area contributed by atoms with Crippen molar-refractivity contribution in [2.45, 2.75) is 19.1 Å². The molecule has 0 aliphatic heterocycles. The lowest BCUT2D eigenvalue weighted by Crippen LogP contribution is -2.31. The second-order valence-corrected chi connectivity index (χ2v) is 8.66. The third-order valence-electron chi connectivity index (χ3n) is 5.08. The van der Waals surface area contributed by atoms with Crippen LogP contribution in [0.2, 0.25) is 0 Å². The number of aliphatic imine (C=N–C) groups is 1. The van der Waals surface area contributed by atoms with Crippen LogP contribution >= 0.6 is 23.2 Å². The van der Waals surface area contributed by atoms with Crippen molar-refractivity contribution in [3.63, 3.8) is 0 Å². The first-order chi connectivity index (χ1) is 16.8. The number of para-hydroxylation sites is 1. The first-order valence-electron chi connectivity index (χ1n) is 10.9.